The number of Topliss-reactive ketones (excluding diaryl/α,β-unsaturated/α-hetero) is 2. The van der Waals surface area contributed by atoms with Gasteiger partial charge in [-0.2, -0.15) is 4.98 Å². The van der Waals surface area contributed by atoms with Gasteiger partial charge in [0, 0.05) is 43.0 Å². The van der Waals surface area contributed by atoms with Gasteiger partial charge in [-0.1, -0.05) is 41.9 Å². The molecule has 1 saturated heterocycles. The standard InChI is InChI=1S/C26H33N5O3/c1-6-21-23(19(5)32)17(3)27-24(21)22(33)15-30-11-13-31(14-12-30)18(4)26-28-25(29-34-26)20-9-7-16(2)8-10-20/h7-10,18,27H,6,11-15H2,1-5H3. The third-order valence-electron chi connectivity index (χ3n) is 6.71. The van der Waals surface area contributed by atoms with Crippen LogP contribution in [0.25, 0.3) is 11.4 Å². The van der Waals surface area contributed by atoms with Crippen LogP contribution < -0.4 is 0 Å². The number of carbonyl (C=O) groups is 2. The second-order valence-electron chi connectivity index (χ2n) is 9.12. The Morgan fingerprint density at radius 2 is 1.79 bits per heavy atom. The Morgan fingerprint density at radius 1 is 1.12 bits per heavy atom. The van der Waals surface area contributed by atoms with Crippen molar-refractivity contribution >= 4 is 11.6 Å². The molecule has 180 valence electrons. The Morgan fingerprint density at radius 3 is 2.41 bits per heavy atom. The smallest absolute Gasteiger partial charge is 0.244 e. The Labute approximate surface area is 200 Å². The molecule has 2 aromatic heterocycles. The van der Waals surface area contributed by atoms with E-state index in [4.69, 9.17) is 4.52 Å². The first kappa shape index (κ1) is 24.0. The predicted octanol–water partition coefficient (Wildman–Crippen LogP) is 4.01. The van der Waals surface area contributed by atoms with Crippen LogP contribution in [0.5, 0.6) is 0 Å². The number of hydrogen-bond acceptors (Lipinski definition) is 7. The fourth-order valence-electron chi connectivity index (χ4n) is 4.72. The van der Waals surface area contributed by atoms with E-state index in [0.29, 0.717) is 35.9 Å². The average Bonchev–Trinajstić information content (AvgIpc) is 3.44. The van der Waals surface area contributed by atoms with E-state index in [2.05, 4.69) is 31.8 Å². The van der Waals surface area contributed by atoms with Crippen molar-refractivity contribution in [2.75, 3.05) is 32.7 Å². The van der Waals surface area contributed by atoms with Crippen LogP contribution in [0.1, 0.15) is 70.4 Å². The minimum Gasteiger partial charge on any atom is -0.355 e. The maximum Gasteiger partial charge on any atom is 0.244 e. The molecule has 0 aliphatic carbocycles. The van der Waals surface area contributed by atoms with E-state index >= 15 is 0 Å². The van der Waals surface area contributed by atoms with Gasteiger partial charge in [-0.15, -0.1) is 0 Å². The van der Waals surface area contributed by atoms with Gasteiger partial charge in [-0.25, -0.2) is 0 Å². The molecule has 1 fully saturated rings. The molecule has 1 aliphatic heterocycles. The van der Waals surface area contributed by atoms with Crippen LogP contribution in [0, 0.1) is 13.8 Å². The minimum atomic E-state index is -0.00110. The third kappa shape index (κ3) is 4.88. The fraction of sp³-hybridized carbons (Fsp3) is 0.462. The molecule has 1 aliphatic rings. The molecule has 4 rings (SSSR count). The minimum absolute atomic E-state index is 0.000394. The van der Waals surface area contributed by atoms with Gasteiger partial charge in [0.2, 0.25) is 11.7 Å². The molecule has 0 saturated carbocycles. The number of aromatic nitrogens is 3. The highest BCUT2D eigenvalue weighted by atomic mass is 16.5. The summed E-state index contributed by atoms with van der Waals surface area (Å²) >= 11 is 0. The van der Waals surface area contributed by atoms with E-state index in [1.807, 2.05) is 45.0 Å². The summed E-state index contributed by atoms with van der Waals surface area (Å²) in [5.74, 6) is 1.24. The van der Waals surface area contributed by atoms with Crippen LogP contribution in [-0.2, 0) is 6.42 Å². The van der Waals surface area contributed by atoms with Crippen molar-refractivity contribution in [3.8, 4) is 11.4 Å². The molecule has 8 heteroatoms. The number of rotatable bonds is 8. The molecule has 3 heterocycles. The maximum absolute atomic E-state index is 13.0. The molecule has 8 nitrogen and oxygen atoms in total. The Bertz CT molecular complexity index is 1170. The molecule has 0 bridgehead atoms. The Balaban J connectivity index is 1.36. The zero-order valence-corrected chi connectivity index (χ0v) is 20.6. The monoisotopic (exact) mass is 463 g/mol. The Kier molecular flexibility index (Phi) is 7.09. The summed E-state index contributed by atoms with van der Waals surface area (Å²) in [6.07, 6.45) is 0.653. The number of piperazine rings is 1. The summed E-state index contributed by atoms with van der Waals surface area (Å²) in [4.78, 5) is 37.3. The molecule has 1 atom stereocenters. The first-order valence-electron chi connectivity index (χ1n) is 11.9. The van der Waals surface area contributed by atoms with E-state index in [1.165, 1.54) is 5.56 Å². The number of nitrogens with one attached hydrogen (secondary N) is 1. The van der Waals surface area contributed by atoms with Crippen molar-refractivity contribution in [2.45, 2.75) is 47.1 Å². The zero-order valence-electron chi connectivity index (χ0n) is 20.6. The molecule has 1 aromatic carbocycles. The van der Waals surface area contributed by atoms with Crippen LogP contribution in [0.15, 0.2) is 28.8 Å². The highest BCUT2D eigenvalue weighted by Gasteiger charge is 2.28. The number of hydrogen-bond donors (Lipinski definition) is 1. The zero-order chi connectivity index (χ0) is 24.4. The number of aromatic amines is 1. The molecular formula is C26H33N5O3. The van der Waals surface area contributed by atoms with Crippen LogP contribution >= 0.6 is 0 Å². The lowest BCUT2D eigenvalue weighted by molar-refractivity contribution is 0.0734. The van der Waals surface area contributed by atoms with Gasteiger partial charge >= 0.3 is 0 Å². The predicted molar refractivity (Wildman–Crippen MR) is 130 cm³/mol. The largest absolute Gasteiger partial charge is 0.355 e. The SMILES string of the molecule is CCc1c(C(=O)CN2CCN(C(C)c3nc(-c4ccc(C)cc4)no3)CC2)[nH]c(C)c1C(C)=O. The highest BCUT2D eigenvalue weighted by Crippen LogP contribution is 2.25. The number of aryl methyl sites for hydroxylation is 2. The van der Waals surface area contributed by atoms with Crippen LogP contribution in [0.4, 0.5) is 0 Å². The summed E-state index contributed by atoms with van der Waals surface area (Å²) in [6.45, 7) is 13.0. The molecule has 1 unspecified atom stereocenters. The van der Waals surface area contributed by atoms with Crippen molar-refractivity contribution in [2.24, 2.45) is 0 Å². The van der Waals surface area contributed by atoms with E-state index < -0.39 is 0 Å². The van der Waals surface area contributed by atoms with Gasteiger partial charge in [0.1, 0.15) is 0 Å². The van der Waals surface area contributed by atoms with E-state index in [1.54, 1.807) is 6.92 Å². The third-order valence-corrected chi connectivity index (χ3v) is 6.71. The van der Waals surface area contributed by atoms with Crippen molar-refractivity contribution < 1.29 is 14.1 Å². The van der Waals surface area contributed by atoms with Gasteiger partial charge in [0.25, 0.3) is 0 Å². The number of benzene rings is 1. The topological polar surface area (TPSA) is 95.3 Å². The number of ketones is 2. The summed E-state index contributed by atoms with van der Waals surface area (Å²) in [5.41, 5.74) is 4.98. The number of H-pyrrole nitrogens is 1. The lowest BCUT2D eigenvalue weighted by Crippen LogP contribution is -2.48. The molecule has 3 aromatic rings. The van der Waals surface area contributed by atoms with E-state index in [0.717, 1.165) is 43.0 Å². The summed E-state index contributed by atoms with van der Waals surface area (Å²) < 4.78 is 5.57. The van der Waals surface area contributed by atoms with Crippen molar-refractivity contribution in [1.82, 2.24) is 24.9 Å². The molecule has 0 radical (unpaired) electrons. The second-order valence-corrected chi connectivity index (χ2v) is 9.12. The average molecular weight is 464 g/mol. The number of nitrogens with zero attached hydrogens (tertiary/aromatic N) is 4. The highest BCUT2D eigenvalue weighted by molar-refractivity contribution is 6.04. The van der Waals surface area contributed by atoms with Crippen LogP contribution in [0.3, 0.4) is 0 Å². The lowest BCUT2D eigenvalue weighted by Gasteiger charge is -2.36. The van der Waals surface area contributed by atoms with Crippen molar-refractivity contribution in [3.63, 3.8) is 0 Å². The van der Waals surface area contributed by atoms with Gasteiger partial charge in [-0.3, -0.25) is 19.4 Å². The lowest BCUT2D eigenvalue weighted by atomic mass is 10.0. The normalized spacial score (nSPS) is 16.0. The Hall–Kier alpha value is -3.10. The van der Waals surface area contributed by atoms with Crippen LogP contribution in [0.2, 0.25) is 0 Å². The molecule has 1 N–H and O–H groups in total. The quantitative estimate of drug-likeness (QED) is 0.504. The van der Waals surface area contributed by atoms with Gasteiger partial charge in [-0.05, 0) is 39.7 Å². The molecule has 34 heavy (non-hydrogen) atoms. The summed E-state index contributed by atoms with van der Waals surface area (Å²) in [7, 11) is 0. The first-order valence-corrected chi connectivity index (χ1v) is 11.9. The summed E-state index contributed by atoms with van der Waals surface area (Å²) in [5, 5.41) is 4.16. The van der Waals surface area contributed by atoms with Crippen molar-refractivity contribution in [1.29, 1.82) is 0 Å². The maximum atomic E-state index is 13.0. The molecular weight excluding hydrogens is 430 g/mol. The van der Waals surface area contributed by atoms with Gasteiger partial charge < -0.3 is 9.51 Å². The van der Waals surface area contributed by atoms with Gasteiger partial charge in [0.05, 0.1) is 18.3 Å². The van der Waals surface area contributed by atoms with Crippen molar-refractivity contribution in [3.05, 3.63) is 58.2 Å². The van der Waals surface area contributed by atoms with E-state index in [9.17, 15) is 9.59 Å². The first-order chi connectivity index (χ1) is 16.3. The second kappa shape index (κ2) is 10.0. The fourth-order valence-corrected chi connectivity index (χ4v) is 4.72. The number of carbonyl (C=O) groups excluding carboxylic acids is 2. The molecule has 0 spiro atoms. The van der Waals surface area contributed by atoms with Crippen LogP contribution in [-0.4, -0.2) is 69.2 Å². The van der Waals surface area contributed by atoms with E-state index in [-0.39, 0.29) is 17.6 Å². The molecule has 0 amide bonds. The van der Waals surface area contributed by atoms with Gasteiger partial charge in [0.15, 0.2) is 11.6 Å². The summed E-state index contributed by atoms with van der Waals surface area (Å²) in [6, 6.07) is 8.07.